The Bertz CT molecular complexity index is 472. The molecule has 0 unspecified atom stereocenters. The number of sulfonamides is 1. The lowest BCUT2D eigenvalue weighted by atomic mass is 10.2. The Morgan fingerprint density at radius 2 is 2.00 bits per heavy atom. The zero-order valence-electron chi connectivity index (χ0n) is 12.2. The minimum atomic E-state index is -3.37. The third-order valence-corrected chi connectivity index (χ3v) is 5.10. The molecule has 0 atom stereocenters. The van der Waals surface area contributed by atoms with Crippen LogP contribution in [-0.4, -0.2) is 39.0 Å². The first-order chi connectivity index (χ1) is 9.60. The molecule has 116 valence electrons. The summed E-state index contributed by atoms with van der Waals surface area (Å²) < 4.78 is 26.7. The summed E-state index contributed by atoms with van der Waals surface area (Å²) in [6.45, 7) is 1.14. The van der Waals surface area contributed by atoms with E-state index in [4.69, 9.17) is 0 Å². The van der Waals surface area contributed by atoms with E-state index in [1.54, 1.807) is 6.07 Å². The Hall–Kier alpha value is -0.500. The summed E-state index contributed by atoms with van der Waals surface area (Å²) in [5, 5.41) is 2.98. The molecule has 1 aromatic rings. The van der Waals surface area contributed by atoms with Crippen LogP contribution in [0, 0.1) is 0 Å². The van der Waals surface area contributed by atoms with Gasteiger partial charge >= 0.3 is 0 Å². The molecule has 0 aromatic carbocycles. The van der Waals surface area contributed by atoms with E-state index in [0.717, 1.165) is 18.5 Å². The molecule has 5 nitrogen and oxygen atoms in total. The third-order valence-electron chi connectivity index (χ3n) is 2.96. The molecule has 0 amide bonds. The van der Waals surface area contributed by atoms with Crippen molar-refractivity contribution in [2.75, 3.05) is 25.6 Å². The van der Waals surface area contributed by atoms with Gasteiger partial charge in [-0.3, -0.25) is 0 Å². The quantitative estimate of drug-likeness (QED) is 0.545. The van der Waals surface area contributed by atoms with Crippen molar-refractivity contribution in [1.82, 2.24) is 15.0 Å². The summed E-state index contributed by atoms with van der Waals surface area (Å²) in [6.07, 6.45) is 7.97. The predicted molar refractivity (Wildman–Crippen MR) is 85.6 cm³/mol. The van der Waals surface area contributed by atoms with Crippen LogP contribution in [0.1, 0.15) is 31.4 Å². The molecule has 0 fully saturated rings. The van der Waals surface area contributed by atoms with Gasteiger partial charge in [0.15, 0.2) is 0 Å². The zero-order chi connectivity index (χ0) is 14.8. The van der Waals surface area contributed by atoms with E-state index in [9.17, 15) is 8.42 Å². The molecular weight excluding hydrogens is 294 g/mol. The van der Waals surface area contributed by atoms with E-state index in [-0.39, 0.29) is 0 Å². The number of aromatic nitrogens is 1. The lowest BCUT2D eigenvalue weighted by Crippen LogP contribution is -2.24. The van der Waals surface area contributed by atoms with Crippen LogP contribution in [-0.2, 0) is 16.6 Å². The zero-order valence-corrected chi connectivity index (χ0v) is 13.9. The van der Waals surface area contributed by atoms with E-state index in [1.807, 2.05) is 18.8 Å². The van der Waals surface area contributed by atoms with Gasteiger partial charge in [-0.25, -0.2) is 13.1 Å². The Morgan fingerprint density at radius 3 is 2.70 bits per heavy atom. The first-order valence-corrected chi connectivity index (χ1v) is 9.78. The maximum absolute atomic E-state index is 12.0. The van der Waals surface area contributed by atoms with Crippen LogP contribution in [0.15, 0.2) is 17.2 Å². The van der Waals surface area contributed by atoms with Crippen molar-refractivity contribution >= 4 is 21.8 Å². The fourth-order valence-electron chi connectivity index (χ4n) is 1.88. The molecule has 0 saturated heterocycles. The monoisotopic (exact) mass is 319 g/mol. The van der Waals surface area contributed by atoms with E-state index in [2.05, 4.69) is 21.3 Å². The second kappa shape index (κ2) is 9.44. The molecule has 0 saturated carbocycles. The average Bonchev–Trinajstić information content (AvgIpc) is 2.88. The van der Waals surface area contributed by atoms with Gasteiger partial charge < -0.3 is 10.3 Å². The average molecular weight is 319 g/mol. The van der Waals surface area contributed by atoms with Crippen LogP contribution in [0.5, 0.6) is 0 Å². The van der Waals surface area contributed by atoms with Gasteiger partial charge in [0.05, 0.1) is 4.90 Å². The summed E-state index contributed by atoms with van der Waals surface area (Å²) in [5.74, 6) is 1.18. The highest BCUT2D eigenvalue weighted by molar-refractivity contribution is 7.98. The summed E-state index contributed by atoms with van der Waals surface area (Å²) in [5.41, 5.74) is 0.866. The molecule has 0 bridgehead atoms. The highest BCUT2D eigenvalue weighted by Crippen LogP contribution is 2.11. The van der Waals surface area contributed by atoms with Crippen molar-refractivity contribution < 1.29 is 8.42 Å². The molecule has 0 aliphatic heterocycles. The molecule has 0 radical (unpaired) electrons. The molecule has 1 heterocycles. The number of unbranched alkanes of at least 4 members (excludes halogenated alkanes) is 3. The van der Waals surface area contributed by atoms with Gasteiger partial charge in [0, 0.05) is 25.0 Å². The fourth-order valence-corrected chi connectivity index (χ4v) is 3.47. The second-order valence-corrected chi connectivity index (χ2v) is 7.45. The van der Waals surface area contributed by atoms with Crippen LogP contribution in [0.25, 0.3) is 0 Å². The number of H-pyrrole nitrogens is 1. The van der Waals surface area contributed by atoms with E-state index >= 15 is 0 Å². The van der Waals surface area contributed by atoms with Crippen LogP contribution in [0.2, 0.25) is 0 Å². The van der Waals surface area contributed by atoms with Crippen molar-refractivity contribution in [2.24, 2.45) is 0 Å². The number of hydrogen-bond donors (Lipinski definition) is 3. The van der Waals surface area contributed by atoms with Crippen molar-refractivity contribution in [3.63, 3.8) is 0 Å². The first kappa shape index (κ1) is 17.6. The minimum absolute atomic E-state index is 0.310. The lowest BCUT2D eigenvalue weighted by molar-refractivity contribution is 0.574. The minimum Gasteiger partial charge on any atom is -0.363 e. The van der Waals surface area contributed by atoms with E-state index < -0.39 is 10.0 Å². The number of rotatable bonds is 11. The molecule has 1 aromatic heterocycles. The van der Waals surface area contributed by atoms with Gasteiger partial charge in [-0.1, -0.05) is 12.8 Å². The molecule has 0 aliphatic carbocycles. The van der Waals surface area contributed by atoms with Gasteiger partial charge in [0.2, 0.25) is 10.0 Å². The molecule has 0 spiro atoms. The summed E-state index contributed by atoms with van der Waals surface area (Å²) in [4.78, 5) is 3.26. The SMILES string of the molecule is CNCc1cc(S(=O)(=O)NCCCCCCSC)c[nH]1. The topological polar surface area (TPSA) is 74.0 Å². The van der Waals surface area contributed by atoms with Crippen LogP contribution in [0.4, 0.5) is 0 Å². The maximum atomic E-state index is 12.0. The molecular formula is C13H25N3O2S2. The summed E-state index contributed by atoms with van der Waals surface area (Å²) in [6, 6.07) is 1.66. The summed E-state index contributed by atoms with van der Waals surface area (Å²) >= 11 is 1.85. The standard InChI is InChI=1S/C13H25N3O2S2/c1-14-10-12-9-13(11-15-12)20(17,18)16-7-5-3-4-6-8-19-2/h9,11,14-16H,3-8,10H2,1-2H3. The molecule has 0 aliphatic rings. The van der Waals surface area contributed by atoms with Gasteiger partial charge in [-0.05, 0) is 38.0 Å². The van der Waals surface area contributed by atoms with Crippen LogP contribution in [0.3, 0.4) is 0 Å². The van der Waals surface area contributed by atoms with Gasteiger partial charge in [-0.15, -0.1) is 0 Å². The number of aromatic amines is 1. The highest BCUT2D eigenvalue weighted by Gasteiger charge is 2.14. The van der Waals surface area contributed by atoms with Crippen LogP contribution >= 0.6 is 11.8 Å². The fraction of sp³-hybridized carbons (Fsp3) is 0.692. The van der Waals surface area contributed by atoms with Crippen LogP contribution < -0.4 is 10.0 Å². The van der Waals surface area contributed by atoms with Gasteiger partial charge in [0.1, 0.15) is 0 Å². The van der Waals surface area contributed by atoms with Crippen molar-refractivity contribution in [3.8, 4) is 0 Å². The van der Waals surface area contributed by atoms with Crippen molar-refractivity contribution in [1.29, 1.82) is 0 Å². The molecule has 1 rings (SSSR count). The van der Waals surface area contributed by atoms with E-state index in [1.165, 1.54) is 24.8 Å². The molecule has 20 heavy (non-hydrogen) atoms. The van der Waals surface area contributed by atoms with Crippen molar-refractivity contribution in [2.45, 2.75) is 37.1 Å². The third kappa shape index (κ3) is 6.30. The summed E-state index contributed by atoms with van der Waals surface area (Å²) in [7, 11) is -1.54. The number of hydrogen-bond acceptors (Lipinski definition) is 4. The van der Waals surface area contributed by atoms with Gasteiger partial charge in [-0.2, -0.15) is 11.8 Å². The predicted octanol–water partition coefficient (Wildman–Crippen LogP) is 1.94. The van der Waals surface area contributed by atoms with Gasteiger partial charge in [0.25, 0.3) is 0 Å². The van der Waals surface area contributed by atoms with E-state index in [0.29, 0.717) is 18.0 Å². The smallest absolute Gasteiger partial charge is 0.242 e. The second-order valence-electron chi connectivity index (χ2n) is 4.70. The Morgan fingerprint density at radius 1 is 1.25 bits per heavy atom. The Labute approximate surface area is 126 Å². The Balaban J connectivity index is 2.30. The maximum Gasteiger partial charge on any atom is 0.242 e. The highest BCUT2D eigenvalue weighted by atomic mass is 32.2. The largest absolute Gasteiger partial charge is 0.363 e. The number of thioether (sulfide) groups is 1. The first-order valence-electron chi connectivity index (χ1n) is 6.90. The molecule has 3 N–H and O–H groups in total. The normalized spacial score (nSPS) is 11.9. The van der Waals surface area contributed by atoms with Crippen molar-refractivity contribution in [3.05, 3.63) is 18.0 Å². The molecule has 7 heteroatoms. The lowest BCUT2D eigenvalue weighted by Gasteiger charge is -2.04. The Kier molecular flexibility index (Phi) is 8.28. The number of nitrogens with one attached hydrogen (secondary N) is 3.